The largest absolute Gasteiger partial charge is 0.464 e. The predicted octanol–water partition coefficient (Wildman–Crippen LogP) is 2.49. The average Bonchev–Trinajstić information content (AvgIpc) is 2.50. The Balaban J connectivity index is 2.89. The van der Waals surface area contributed by atoms with Gasteiger partial charge < -0.3 is 10.2 Å². The monoisotopic (exact) mass is 211 g/mol. The van der Waals surface area contributed by atoms with E-state index in [9.17, 15) is 17.6 Å². The Morgan fingerprint density at radius 3 is 2.29 bits per heavy atom. The highest BCUT2D eigenvalue weighted by molar-refractivity contribution is 5.12. The van der Waals surface area contributed by atoms with Crippen molar-refractivity contribution in [1.82, 2.24) is 0 Å². The minimum atomic E-state index is -4.27. The van der Waals surface area contributed by atoms with E-state index in [0.717, 1.165) is 6.07 Å². The molecule has 0 amide bonds. The molecule has 0 saturated heterocycles. The van der Waals surface area contributed by atoms with Crippen LogP contribution in [0, 0.1) is 6.92 Å². The molecule has 1 atom stereocenters. The van der Waals surface area contributed by atoms with E-state index in [2.05, 4.69) is 0 Å². The molecule has 14 heavy (non-hydrogen) atoms. The topological polar surface area (TPSA) is 39.2 Å². The molecular weight excluding hydrogens is 202 g/mol. The van der Waals surface area contributed by atoms with Gasteiger partial charge >= 0.3 is 12.3 Å². The predicted molar refractivity (Wildman–Crippen MR) is 41.3 cm³/mol. The zero-order valence-corrected chi connectivity index (χ0v) is 7.31. The van der Waals surface area contributed by atoms with Gasteiger partial charge in [0.05, 0.1) is 0 Å². The van der Waals surface area contributed by atoms with Crippen LogP contribution >= 0.6 is 0 Å². The van der Waals surface area contributed by atoms with Gasteiger partial charge in [-0.05, 0) is 19.1 Å². The van der Waals surface area contributed by atoms with E-state index in [1.54, 1.807) is 0 Å². The molecule has 0 aliphatic carbocycles. The Labute approximate surface area is 77.7 Å². The smallest absolute Gasteiger partial charge is 0.329 e. The maximum atomic E-state index is 12.7. The molecule has 1 aromatic rings. The third kappa shape index (κ3) is 1.89. The molecular formula is C8H9F4NO. The van der Waals surface area contributed by atoms with Crippen LogP contribution in [-0.2, 0) is 0 Å². The second-order valence-electron chi connectivity index (χ2n) is 2.90. The summed E-state index contributed by atoms with van der Waals surface area (Å²) in [5.41, 5.74) is 4.96. The first-order chi connectivity index (χ1) is 6.35. The second-order valence-corrected chi connectivity index (χ2v) is 2.90. The van der Waals surface area contributed by atoms with Crippen LogP contribution in [0.1, 0.15) is 17.6 Å². The van der Waals surface area contributed by atoms with Gasteiger partial charge in [0, 0.05) is 0 Å². The van der Waals surface area contributed by atoms with Crippen LogP contribution in [0.4, 0.5) is 17.6 Å². The second kappa shape index (κ2) is 3.61. The first-order valence-electron chi connectivity index (χ1n) is 3.83. The van der Waals surface area contributed by atoms with Crippen molar-refractivity contribution >= 4 is 0 Å². The standard InChI is InChI=1S/C8H9F4NO/c1-4-2-3-5(14-4)6(13)8(11,12)7(9)10/h2-3,6-7H,13H2,1H3. The zero-order valence-electron chi connectivity index (χ0n) is 7.31. The lowest BCUT2D eigenvalue weighted by Gasteiger charge is -2.20. The Morgan fingerprint density at radius 2 is 1.93 bits per heavy atom. The summed E-state index contributed by atoms with van der Waals surface area (Å²) in [6.45, 7) is 1.51. The molecule has 0 spiro atoms. The number of furan rings is 1. The van der Waals surface area contributed by atoms with Gasteiger partial charge in [0.1, 0.15) is 17.6 Å². The van der Waals surface area contributed by atoms with E-state index < -0.39 is 18.4 Å². The van der Waals surface area contributed by atoms with Crippen molar-refractivity contribution < 1.29 is 22.0 Å². The number of aryl methyl sites for hydroxylation is 1. The summed E-state index contributed by atoms with van der Waals surface area (Å²) in [5.74, 6) is -4.27. The third-order valence-electron chi connectivity index (χ3n) is 1.77. The lowest BCUT2D eigenvalue weighted by Crippen LogP contribution is -2.39. The van der Waals surface area contributed by atoms with Crippen molar-refractivity contribution in [2.75, 3.05) is 0 Å². The van der Waals surface area contributed by atoms with Crippen molar-refractivity contribution in [3.8, 4) is 0 Å². The van der Waals surface area contributed by atoms with Crippen LogP contribution in [0.5, 0.6) is 0 Å². The highest BCUT2D eigenvalue weighted by Gasteiger charge is 2.48. The first kappa shape index (κ1) is 11.0. The first-order valence-corrected chi connectivity index (χ1v) is 3.83. The van der Waals surface area contributed by atoms with Gasteiger partial charge in [-0.15, -0.1) is 0 Å². The van der Waals surface area contributed by atoms with E-state index in [1.165, 1.54) is 13.0 Å². The number of hydrogen-bond acceptors (Lipinski definition) is 2. The summed E-state index contributed by atoms with van der Waals surface area (Å²) in [5, 5.41) is 0. The Kier molecular flexibility index (Phi) is 2.84. The molecule has 1 aromatic heterocycles. The van der Waals surface area contributed by atoms with Crippen LogP contribution in [0.25, 0.3) is 0 Å². The van der Waals surface area contributed by atoms with Crippen molar-refractivity contribution in [3.63, 3.8) is 0 Å². The summed E-state index contributed by atoms with van der Waals surface area (Å²) in [6, 6.07) is 0.434. The number of halogens is 4. The van der Waals surface area contributed by atoms with E-state index in [-0.39, 0.29) is 5.76 Å². The highest BCUT2D eigenvalue weighted by Crippen LogP contribution is 2.35. The quantitative estimate of drug-likeness (QED) is 0.780. The highest BCUT2D eigenvalue weighted by atomic mass is 19.3. The molecule has 6 heteroatoms. The van der Waals surface area contributed by atoms with Gasteiger partial charge in [-0.25, -0.2) is 8.78 Å². The molecule has 0 radical (unpaired) electrons. The normalized spacial score (nSPS) is 14.8. The summed E-state index contributed by atoms with van der Waals surface area (Å²) in [6.07, 6.45) is -3.80. The van der Waals surface area contributed by atoms with Gasteiger partial charge in [0.25, 0.3) is 0 Å². The van der Waals surface area contributed by atoms with Crippen molar-refractivity contribution in [3.05, 3.63) is 23.7 Å². The van der Waals surface area contributed by atoms with Crippen LogP contribution in [0.3, 0.4) is 0 Å². The van der Waals surface area contributed by atoms with Crippen molar-refractivity contribution in [2.45, 2.75) is 25.3 Å². The van der Waals surface area contributed by atoms with Crippen LogP contribution in [0.15, 0.2) is 16.5 Å². The van der Waals surface area contributed by atoms with Crippen LogP contribution in [0.2, 0.25) is 0 Å². The molecule has 80 valence electrons. The third-order valence-corrected chi connectivity index (χ3v) is 1.77. The molecule has 0 aliphatic rings. The number of nitrogens with two attached hydrogens (primary N) is 1. The molecule has 0 aromatic carbocycles. The summed E-state index contributed by atoms with van der Waals surface area (Å²) < 4.78 is 53.9. The average molecular weight is 211 g/mol. The van der Waals surface area contributed by atoms with Crippen LogP contribution < -0.4 is 5.73 Å². The van der Waals surface area contributed by atoms with Gasteiger partial charge in [-0.3, -0.25) is 0 Å². The van der Waals surface area contributed by atoms with Gasteiger partial charge in [0.15, 0.2) is 0 Å². The summed E-state index contributed by atoms with van der Waals surface area (Å²) in [7, 11) is 0. The van der Waals surface area contributed by atoms with Gasteiger partial charge in [-0.1, -0.05) is 0 Å². The molecule has 0 bridgehead atoms. The molecule has 2 nitrogen and oxygen atoms in total. The zero-order chi connectivity index (χ0) is 10.9. The van der Waals surface area contributed by atoms with E-state index in [0.29, 0.717) is 5.76 Å². The minimum Gasteiger partial charge on any atom is -0.464 e. The van der Waals surface area contributed by atoms with E-state index in [1.807, 2.05) is 0 Å². The number of hydrogen-bond donors (Lipinski definition) is 1. The SMILES string of the molecule is Cc1ccc(C(N)C(F)(F)C(F)F)o1. The van der Waals surface area contributed by atoms with Crippen molar-refractivity contribution in [2.24, 2.45) is 5.73 Å². The molecule has 1 heterocycles. The Bertz CT molecular complexity index is 310. The van der Waals surface area contributed by atoms with E-state index >= 15 is 0 Å². The molecule has 0 saturated carbocycles. The number of rotatable bonds is 3. The summed E-state index contributed by atoms with van der Waals surface area (Å²) >= 11 is 0. The molecule has 0 aliphatic heterocycles. The van der Waals surface area contributed by atoms with E-state index in [4.69, 9.17) is 10.2 Å². The fraction of sp³-hybridized carbons (Fsp3) is 0.500. The molecule has 0 fully saturated rings. The maximum absolute atomic E-state index is 12.7. The number of alkyl halides is 4. The summed E-state index contributed by atoms with van der Waals surface area (Å²) in [4.78, 5) is 0. The lowest BCUT2D eigenvalue weighted by atomic mass is 10.1. The minimum absolute atomic E-state index is 0.340. The fourth-order valence-electron chi connectivity index (χ4n) is 0.946. The van der Waals surface area contributed by atoms with Gasteiger partial charge in [-0.2, -0.15) is 8.78 Å². The molecule has 2 N–H and O–H groups in total. The fourth-order valence-corrected chi connectivity index (χ4v) is 0.946. The van der Waals surface area contributed by atoms with Crippen LogP contribution in [-0.4, -0.2) is 12.3 Å². The lowest BCUT2D eigenvalue weighted by molar-refractivity contribution is -0.147. The van der Waals surface area contributed by atoms with Gasteiger partial charge in [0.2, 0.25) is 0 Å². The Morgan fingerprint density at radius 1 is 1.36 bits per heavy atom. The molecule has 1 rings (SSSR count). The maximum Gasteiger partial charge on any atom is 0.329 e. The molecule has 1 unspecified atom stereocenters. The Hall–Kier alpha value is -1.04. The van der Waals surface area contributed by atoms with Crippen molar-refractivity contribution in [1.29, 1.82) is 0 Å².